The molecule has 1 saturated heterocycles. The van der Waals surface area contributed by atoms with Crippen molar-refractivity contribution in [3.05, 3.63) is 59.7 Å². The van der Waals surface area contributed by atoms with Gasteiger partial charge in [0.1, 0.15) is 18.2 Å². The van der Waals surface area contributed by atoms with Crippen LogP contribution in [0, 0.1) is 0 Å². The fourth-order valence-electron chi connectivity index (χ4n) is 5.33. The molecule has 2 N–H and O–H groups in total. The number of fused-ring (bicyclic) bond motifs is 3. The number of carbonyl (C=O) groups is 3. The van der Waals surface area contributed by atoms with Gasteiger partial charge in [0.25, 0.3) is 0 Å². The monoisotopic (exact) mass is 478 g/mol. The van der Waals surface area contributed by atoms with Crippen molar-refractivity contribution in [2.45, 2.75) is 69.9 Å². The van der Waals surface area contributed by atoms with Gasteiger partial charge in [0.05, 0.1) is 0 Å². The first kappa shape index (κ1) is 24.8. The van der Waals surface area contributed by atoms with Gasteiger partial charge in [0, 0.05) is 12.5 Å². The summed E-state index contributed by atoms with van der Waals surface area (Å²) in [5, 5.41) is 12.6. The molecule has 186 valence electrons. The number of rotatable bonds is 8. The molecule has 2 aromatic rings. The highest BCUT2D eigenvalue weighted by Gasteiger charge is 2.45. The molecule has 7 heteroatoms. The van der Waals surface area contributed by atoms with Crippen LogP contribution in [0.1, 0.15) is 69.4 Å². The molecule has 0 aromatic heterocycles. The molecule has 1 fully saturated rings. The molecule has 2 aromatic carbocycles. The first-order valence-electron chi connectivity index (χ1n) is 12.5. The molecular formula is C28H34N2O5. The Bertz CT molecular complexity index is 1050. The number of aliphatic carboxylic acids is 1. The molecule has 1 aliphatic carbocycles. The summed E-state index contributed by atoms with van der Waals surface area (Å²) in [5.41, 5.74) is 3.26. The summed E-state index contributed by atoms with van der Waals surface area (Å²) in [4.78, 5) is 39.7. The van der Waals surface area contributed by atoms with Gasteiger partial charge in [0.15, 0.2) is 0 Å². The maximum atomic E-state index is 13.4. The minimum Gasteiger partial charge on any atom is -0.480 e. The Kier molecular flexibility index (Phi) is 7.43. The van der Waals surface area contributed by atoms with Gasteiger partial charge >= 0.3 is 12.1 Å². The third-order valence-corrected chi connectivity index (χ3v) is 7.40. The lowest BCUT2D eigenvalue weighted by atomic mass is 9.87. The Balaban J connectivity index is 1.46. The Hall–Kier alpha value is -3.35. The molecule has 0 saturated carbocycles. The van der Waals surface area contributed by atoms with Crippen LogP contribution in [0.25, 0.3) is 11.1 Å². The standard InChI is InChI=1S/C28H34N2O5/c1-3-4-15-24(25(31)30-17-10-9-16-28(30,2)26(32)33)29-27(34)35-18-23-21-13-7-5-11-19(21)20-12-6-8-14-22(20)23/h5-8,11-14,23-24H,3-4,9-10,15-18H2,1-2H3,(H,29,34)(H,32,33)/t24-,28?/m0/s1. The largest absolute Gasteiger partial charge is 0.480 e. The van der Waals surface area contributed by atoms with Gasteiger partial charge in [-0.25, -0.2) is 9.59 Å². The Morgan fingerprint density at radius 2 is 1.71 bits per heavy atom. The van der Waals surface area contributed by atoms with Crippen LogP contribution >= 0.6 is 0 Å². The number of hydrogen-bond donors (Lipinski definition) is 2. The summed E-state index contributed by atoms with van der Waals surface area (Å²) in [6.45, 7) is 4.13. The number of piperidine rings is 1. The van der Waals surface area contributed by atoms with Crippen molar-refractivity contribution < 1.29 is 24.2 Å². The Morgan fingerprint density at radius 1 is 1.09 bits per heavy atom. The summed E-state index contributed by atoms with van der Waals surface area (Å²) in [5.74, 6) is -1.44. The molecule has 1 heterocycles. The molecule has 1 aliphatic heterocycles. The molecule has 0 spiro atoms. The first-order chi connectivity index (χ1) is 16.9. The van der Waals surface area contributed by atoms with Gasteiger partial charge in [-0.2, -0.15) is 0 Å². The Labute approximate surface area is 206 Å². The molecule has 2 aliphatic rings. The summed E-state index contributed by atoms with van der Waals surface area (Å²) >= 11 is 0. The van der Waals surface area contributed by atoms with Crippen LogP contribution in [-0.2, 0) is 14.3 Å². The lowest BCUT2D eigenvalue weighted by molar-refractivity contribution is -0.161. The molecule has 0 radical (unpaired) electrons. The number of carboxylic acids is 1. The second kappa shape index (κ2) is 10.5. The number of carboxylic acid groups (broad SMARTS) is 1. The number of benzene rings is 2. The zero-order chi connectivity index (χ0) is 25.0. The van der Waals surface area contributed by atoms with Gasteiger partial charge in [-0.1, -0.05) is 68.3 Å². The van der Waals surface area contributed by atoms with E-state index in [9.17, 15) is 19.5 Å². The lowest BCUT2D eigenvalue weighted by Crippen LogP contribution is -2.61. The number of ether oxygens (including phenoxy) is 1. The molecule has 7 nitrogen and oxygen atoms in total. The van der Waals surface area contributed by atoms with Crippen LogP contribution in [-0.4, -0.2) is 52.7 Å². The predicted octanol–water partition coefficient (Wildman–Crippen LogP) is 4.94. The number of amides is 2. The maximum absolute atomic E-state index is 13.4. The molecule has 2 atom stereocenters. The molecule has 1 unspecified atom stereocenters. The van der Waals surface area contributed by atoms with Gasteiger partial charge in [-0.05, 0) is 54.9 Å². The minimum atomic E-state index is -1.26. The van der Waals surface area contributed by atoms with Gasteiger partial charge in [0.2, 0.25) is 5.91 Å². The summed E-state index contributed by atoms with van der Waals surface area (Å²) in [6, 6.07) is 15.4. The SMILES string of the molecule is CCCC[C@H](NC(=O)OCC1c2ccccc2-c2ccccc21)C(=O)N1CCCCC1(C)C(=O)O. The quantitative estimate of drug-likeness (QED) is 0.560. The molecule has 0 bridgehead atoms. The lowest BCUT2D eigenvalue weighted by Gasteiger charge is -2.43. The van der Waals surface area contributed by atoms with Crippen LogP contribution < -0.4 is 5.32 Å². The van der Waals surface area contributed by atoms with E-state index in [0.717, 1.165) is 47.9 Å². The summed E-state index contributed by atoms with van der Waals surface area (Å²) < 4.78 is 5.65. The number of nitrogens with zero attached hydrogens (tertiary/aromatic N) is 1. The van der Waals surface area contributed by atoms with E-state index in [1.807, 2.05) is 31.2 Å². The van der Waals surface area contributed by atoms with Crippen molar-refractivity contribution in [3.63, 3.8) is 0 Å². The van der Waals surface area contributed by atoms with Crippen molar-refractivity contribution in [2.75, 3.05) is 13.2 Å². The van der Waals surface area contributed by atoms with E-state index in [-0.39, 0.29) is 18.4 Å². The van der Waals surface area contributed by atoms with Gasteiger partial charge in [-0.3, -0.25) is 4.79 Å². The van der Waals surface area contributed by atoms with Crippen LogP contribution in [0.15, 0.2) is 48.5 Å². The van der Waals surface area contributed by atoms with E-state index in [4.69, 9.17) is 4.74 Å². The van der Waals surface area contributed by atoms with E-state index in [0.29, 0.717) is 19.4 Å². The maximum Gasteiger partial charge on any atom is 0.407 e. The number of hydrogen-bond acceptors (Lipinski definition) is 4. The highest BCUT2D eigenvalue weighted by atomic mass is 16.5. The van der Waals surface area contributed by atoms with Crippen molar-refractivity contribution in [3.8, 4) is 11.1 Å². The second-order valence-electron chi connectivity index (χ2n) is 9.69. The molecule has 35 heavy (non-hydrogen) atoms. The summed E-state index contributed by atoms with van der Waals surface area (Å²) in [7, 11) is 0. The number of alkyl carbamates (subject to hydrolysis) is 1. The van der Waals surface area contributed by atoms with Crippen LogP contribution in [0.2, 0.25) is 0 Å². The fourth-order valence-corrected chi connectivity index (χ4v) is 5.33. The number of unbranched alkanes of at least 4 members (excludes halogenated alkanes) is 1. The van der Waals surface area contributed by atoms with Gasteiger partial charge in [-0.15, -0.1) is 0 Å². The van der Waals surface area contributed by atoms with E-state index >= 15 is 0 Å². The zero-order valence-electron chi connectivity index (χ0n) is 20.5. The van der Waals surface area contributed by atoms with E-state index < -0.39 is 23.6 Å². The van der Waals surface area contributed by atoms with Gasteiger partial charge < -0.3 is 20.1 Å². The summed E-state index contributed by atoms with van der Waals surface area (Å²) in [6.07, 6.45) is 3.27. The predicted molar refractivity (Wildman–Crippen MR) is 133 cm³/mol. The van der Waals surface area contributed by atoms with Crippen LogP contribution in [0.5, 0.6) is 0 Å². The third kappa shape index (κ3) is 4.90. The normalized spacial score (nSPS) is 20.0. The number of carbonyl (C=O) groups excluding carboxylic acids is 2. The van der Waals surface area contributed by atoms with Crippen molar-refractivity contribution in [1.29, 1.82) is 0 Å². The second-order valence-corrected chi connectivity index (χ2v) is 9.69. The van der Waals surface area contributed by atoms with E-state index in [1.165, 1.54) is 4.90 Å². The van der Waals surface area contributed by atoms with Crippen LogP contribution in [0.3, 0.4) is 0 Å². The van der Waals surface area contributed by atoms with E-state index in [1.54, 1.807) is 6.92 Å². The molecular weight excluding hydrogens is 444 g/mol. The van der Waals surface area contributed by atoms with Crippen molar-refractivity contribution >= 4 is 18.0 Å². The average molecular weight is 479 g/mol. The highest BCUT2D eigenvalue weighted by Crippen LogP contribution is 2.44. The smallest absolute Gasteiger partial charge is 0.407 e. The van der Waals surface area contributed by atoms with E-state index in [2.05, 4.69) is 29.6 Å². The van der Waals surface area contributed by atoms with Crippen molar-refractivity contribution in [2.24, 2.45) is 0 Å². The molecule has 4 rings (SSSR count). The van der Waals surface area contributed by atoms with Crippen molar-refractivity contribution in [1.82, 2.24) is 10.2 Å². The van der Waals surface area contributed by atoms with Crippen LogP contribution in [0.4, 0.5) is 4.79 Å². The number of nitrogens with one attached hydrogen (secondary N) is 1. The third-order valence-electron chi connectivity index (χ3n) is 7.40. The first-order valence-corrected chi connectivity index (χ1v) is 12.5. The minimum absolute atomic E-state index is 0.0738. The molecule has 2 amide bonds. The highest BCUT2D eigenvalue weighted by molar-refractivity contribution is 5.91. The average Bonchev–Trinajstić information content (AvgIpc) is 3.18. The topological polar surface area (TPSA) is 95.9 Å². The Morgan fingerprint density at radius 3 is 2.31 bits per heavy atom. The number of likely N-dealkylation sites (tertiary alicyclic amines) is 1. The zero-order valence-corrected chi connectivity index (χ0v) is 20.5. The fraction of sp³-hybridized carbons (Fsp3) is 0.464.